The van der Waals surface area contributed by atoms with E-state index in [1.165, 1.54) is 6.92 Å². The van der Waals surface area contributed by atoms with Gasteiger partial charge in [0.25, 0.3) is 0 Å². The Bertz CT molecular complexity index is 618. The number of aliphatic carboxylic acids is 1. The molecule has 0 aliphatic heterocycles. The van der Waals surface area contributed by atoms with Crippen molar-refractivity contribution in [1.82, 2.24) is 4.31 Å². The summed E-state index contributed by atoms with van der Waals surface area (Å²) in [6.07, 6.45) is 0.480. The molecule has 0 heterocycles. The molecular weight excluding hydrogens is 353 g/mol. The molecule has 0 saturated heterocycles. The van der Waals surface area contributed by atoms with E-state index in [-0.39, 0.29) is 21.5 Å². The molecule has 8 heteroatoms. The number of carboxylic acids is 1. The van der Waals surface area contributed by atoms with E-state index >= 15 is 0 Å². The number of rotatable bonds is 6. The zero-order chi connectivity index (χ0) is 15.5. The quantitative estimate of drug-likeness (QED) is 0.837. The van der Waals surface area contributed by atoms with E-state index in [0.717, 1.165) is 16.4 Å². The molecule has 0 amide bonds. The van der Waals surface area contributed by atoms with Crippen LogP contribution in [0.1, 0.15) is 18.9 Å². The van der Waals surface area contributed by atoms with Gasteiger partial charge in [-0.05, 0) is 47.0 Å². The maximum Gasteiger partial charge on any atom is 0.318 e. The monoisotopic (exact) mass is 367 g/mol. The first-order valence-electron chi connectivity index (χ1n) is 5.87. The summed E-state index contributed by atoms with van der Waals surface area (Å²) in [4.78, 5) is 10.7. The average Bonchev–Trinajstić information content (AvgIpc) is 2.32. The van der Waals surface area contributed by atoms with Crippen molar-refractivity contribution in [3.05, 3.63) is 28.0 Å². The number of aryl methyl sites for hydroxylation is 1. The van der Waals surface area contributed by atoms with E-state index in [4.69, 9.17) is 5.11 Å². The molecule has 20 heavy (non-hydrogen) atoms. The summed E-state index contributed by atoms with van der Waals surface area (Å²) >= 11 is 2.94. The number of carbonyl (C=O) groups is 1. The van der Waals surface area contributed by atoms with Crippen LogP contribution in [0.25, 0.3) is 0 Å². The molecule has 112 valence electrons. The predicted molar refractivity (Wildman–Crippen MR) is 75.5 cm³/mol. The Labute approximate surface area is 125 Å². The molecule has 0 atom stereocenters. The van der Waals surface area contributed by atoms with E-state index < -0.39 is 28.4 Å². The van der Waals surface area contributed by atoms with Crippen LogP contribution < -0.4 is 0 Å². The standard InChI is InChI=1S/C12H15BrFNO4S/c1-3-4-15(7-12(16)17)20(18,19)11-6-9(13)10(14)5-8(11)2/h5-6H,3-4,7H2,1-2H3,(H,16,17). The summed E-state index contributed by atoms with van der Waals surface area (Å²) in [5.41, 5.74) is 0.234. The van der Waals surface area contributed by atoms with Gasteiger partial charge in [0.1, 0.15) is 12.4 Å². The Kier molecular flexibility index (Phi) is 5.67. The molecule has 1 aromatic carbocycles. The number of sulfonamides is 1. The Morgan fingerprint density at radius 2 is 2.05 bits per heavy atom. The van der Waals surface area contributed by atoms with Crippen LogP contribution in [0.5, 0.6) is 0 Å². The predicted octanol–water partition coefficient (Wildman–Crippen LogP) is 2.38. The zero-order valence-electron chi connectivity index (χ0n) is 11.1. The number of carboxylic acid groups (broad SMARTS) is 1. The van der Waals surface area contributed by atoms with Crippen molar-refractivity contribution in [1.29, 1.82) is 0 Å². The first-order valence-corrected chi connectivity index (χ1v) is 8.11. The minimum Gasteiger partial charge on any atom is -0.480 e. The third kappa shape index (κ3) is 3.77. The topological polar surface area (TPSA) is 74.7 Å². The second kappa shape index (κ2) is 6.64. The Hall–Kier alpha value is -0.990. The van der Waals surface area contributed by atoms with Gasteiger partial charge >= 0.3 is 5.97 Å². The number of nitrogens with zero attached hydrogens (tertiary/aromatic N) is 1. The minimum absolute atomic E-state index is 0.0217. The van der Waals surface area contributed by atoms with E-state index in [1.54, 1.807) is 6.92 Å². The first kappa shape index (κ1) is 17.1. The average molecular weight is 368 g/mol. The molecule has 0 aliphatic rings. The number of halogens is 2. The second-order valence-corrected chi connectivity index (χ2v) is 7.02. The fourth-order valence-electron chi connectivity index (χ4n) is 1.73. The Balaban J connectivity index is 3.32. The lowest BCUT2D eigenvalue weighted by molar-refractivity contribution is -0.137. The molecule has 0 unspecified atom stereocenters. The fourth-order valence-corrected chi connectivity index (χ4v) is 3.94. The normalized spacial score (nSPS) is 11.8. The van der Waals surface area contributed by atoms with Crippen LogP contribution in [0.15, 0.2) is 21.5 Å². The van der Waals surface area contributed by atoms with Gasteiger partial charge in [-0.15, -0.1) is 0 Å². The summed E-state index contributed by atoms with van der Waals surface area (Å²) < 4.78 is 39.2. The van der Waals surface area contributed by atoms with Gasteiger partial charge in [0.15, 0.2) is 0 Å². The molecule has 1 aromatic rings. The number of hydrogen-bond acceptors (Lipinski definition) is 3. The van der Waals surface area contributed by atoms with Crippen LogP contribution in [0.3, 0.4) is 0 Å². The highest BCUT2D eigenvalue weighted by Gasteiger charge is 2.28. The van der Waals surface area contributed by atoms with E-state index in [9.17, 15) is 17.6 Å². The van der Waals surface area contributed by atoms with Gasteiger partial charge in [0.2, 0.25) is 10.0 Å². The van der Waals surface area contributed by atoms with Crippen molar-refractivity contribution < 1.29 is 22.7 Å². The highest BCUT2D eigenvalue weighted by molar-refractivity contribution is 9.10. The maximum absolute atomic E-state index is 13.4. The molecular formula is C12H15BrFNO4S. The van der Waals surface area contributed by atoms with Crippen LogP contribution in [-0.2, 0) is 14.8 Å². The van der Waals surface area contributed by atoms with Crippen LogP contribution >= 0.6 is 15.9 Å². The van der Waals surface area contributed by atoms with E-state index in [1.807, 2.05) is 0 Å². The van der Waals surface area contributed by atoms with Crippen LogP contribution in [0.4, 0.5) is 4.39 Å². The van der Waals surface area contributed by atoms with Crippen molar-refractivity contribution in [2.45, 2.75) is 25.2 Å². The van der Waals surface area contributed by atoms with Crippen molar-refractivity contribution >= 4 is 31.9 Å². The van der Waals surface area contributed by atoms with Crippen LogP contribution in [0, 0.1) is 12.7 Å². The smallest absolute Gasteiger partial charge is 0.318 e. The minimum atomic E-state index is -3.97. The lowest BCUT2D eigenvalue weighted by Gasteiger charge is -2.21. The maximum atomic E-state index is 13.4. The SMILES string of the molecule is CCCN(CC(=O)O)S(=O)(=O)c1cc(Br)c(F)cc1C. The highest BCUT2D eigenvalue weighted by atomic mass is 79.9. The molecule has 0 radical (unpaired) electrons. The summed E-state index contributed by atoms with van der Waals surface area (Å²) in [5, 5.41) is 8.81. The Morgan fingerprint density at radius 1 is 1.45 bits per heavy atom. The summed E-state index contributed by atoms with van der Waals surface area (Å²) in [7, 11) is -3.97. The first-order chi connectivity index (χ1) is 9.20. The summed E-state index contributed by atoms with van der Waals surface area (Å²) in [6, 6.07) is 2.26. The molecule has 0 aromatic heterocycles. The van der Waals surface area contributed by atoms with Gasteiger partial charge in [-0.2, -0.15) is 4.31 Å². The van der Waals surface area contributed by atoms with Gasteiger partial charge < -0.3 is 5.11 Å². The molecule has 0 spiro atoms. The lowest BCUT2D eigenvalue weighted by Crippen LogP contribution is -2.36. The fraction of sp³-hybridized carbons (Fsp3) is 0.417. The third-order valence-electron chi connectivity index (χ3n) is 2.62. The van der Waals surface area contributed by atoms with Gasteiger partial charge in [-0.25, -0.2) is 12.8 Å². The van der Waals surface area contributed by atoms with Crippen molar-refractivity contribution in [3.63, 3.8) is 0 Å². The number of hydrogen-bond donors (Lipinski definition) is 1. The van der Waals surface area contributed by atoms with Gasteiger partial charge in [0, 0.05) is 6.54 Å². The highest BCUT2D eigenvalue weighted by Crippen LogP contribution is 2.26. The molecule has 0 saturated carbocycles. The molecule has 5 nitrogen and oxygen atoms in total. The van der Waals surface area contributed by atoms with Gasteiger partial charge in [0.05, 0.1) is 9.37 Å². The molecule has 0 bridgehead atoms. The largest absolute Gasteiger partial charge is 0.480 e. The van der Waals surface area contributed by atoms with Gasteiger partial charge in [-0.3, -0.25) is 4.79 Å². The molecule has 0 aliphatic carbocycles. The summed E-state index contributed by atoms with van der Waals surface area (Å²) in [6.45, 7) is 2.68. The van der Waals surface area contributed by atoms with E-state index in [2.05, 4.69) is 15.9 Å². The third-order valence-corrected chi connectivity index (χ3v) is 5.22. The van der Waals surface area contributed by atoms with Crippen LogP contribution in [-0.4, -0.2) is 36.9 Å². The van der Waals surface area contributed by atoms with Crippen molar-refractivity contribution in [2.75, 3.05) is 13.1 Å². The van der Waals surface area contributed by atoms with Crippen molar-refractivity contribution in [2.24, 2.45) is 0 Å². The van der Waals surface area contributed by atoms with Crippen molar-refractivity contribution in [3.8, 4) is 0 Å². The molecule has 1 rings (SSSR count). The van der Waals surface area contributed by atoms with E-state index in [0.29, 0.717) is 6.42 Å². The zero-order valence-corrected chi connectivity index (χ0v) is 13.5. The second-order valence-electron chi connectivity index (χ2n) is 4.26. The van der Waals surface area contributed by atoms with Crippen LogP contribution in [0.2, 0.25) is 0 Å². The number of benzene rings is 1. The summed E-state index contributed by atoms with van der Waals surface area (Å²) in [5.74, 6) is -1.80. The molecule has 1 N–H and O–H groups in total. The Morgan fingerprint density at radius 3 is 2.55 bits per heavy atom. The van der Waals surface area contributed by atoms with Gasteiger partial charge in [-0.1, -0.05) is 6.92 Å². The lowest BCUT2D eigenvalue weighted by atomic mass is 10.2. The molecule has 0 fully saturated rings.